The third kappa shape index (κ3) is 3.06. The minimum atomic E-state index is 0.0753. The van der Waals surface area contributed by atoms with Crippen molar-refractivity contribution in [1.82, 2.24) is 0 Å². The van der Waals surface area contributed by atoms with E-state index in [0.717, 1.165) is 17.1 Å². The van der Waals surface area contributed by atoms with Crippen LogP contribution in [0.1, 0.15) is 0 Å². The number of rotatable bonds is 4. The van der Waals surface area contributed by atoms with Crippen molar-refractivity contribution in [3.63, 3.8) is 0 Å². The molecule has 20 heavy (non-hydrogen) atoms. The summed E-state index contributed by atoms with van der Waals surface area (Å²) in [4.78, 5) is 2.05. The van der Waals surface area contributed by atoms with Crippen LogP contribution < -0.4 is 21.1 Å². The average molecular weight is 272 g/mol. The van der Waals surface area contributed by atoms with Gasteiger partial charge in [0.05, 0.1) is 17.1 Å². The molecule has 0 amide bonds. The van der Waals surface area contributed by atoms with Crippen LogP contribution in [0.2, 0.25) is 0 Å². The molecule has 2 aromatic carbocycles. The highest BCUT2D eigenvalue weighted by Crippen LogP contribution is 2.25. The van der Waals surface area contributed by atoms with Gasteiger partial charge in [0.15, 0.2) is 0 Å². The van der Waals surface area contributed by atoms with E-state index in [1.54, 1.807) is 12.1 Å². The fourth-order valence-corrected chi connectivity index (χ4v) is 1.85. The Morgan fingerprint density at radius 1 is 0.950 bits per heavy atom. The monoisotopic (exact) mass is 272 g/mol. The summed E-state index contributed by atoms with van der Waals surface area (Å²) in [7, 11) is 5.93. The second-order valence-electron chi connectivity index (χ2n) is 4.86. The summed E-state index contributed by atoms with van der Waals surface area (Å²) in [6.45, 7) is 0. The summed E-state index contributed by atoms with van der Waals surface area (Å²) in [5.74, 6) is 0.0753. The molecule has 0 heterocycles. The molecule has 5 nitrogen and oxygen atoms in total. The fourth-order valence-electron chi connectivity index (χ4n) is 1.85. The first kappa shape index (κ1) is 13.9. The number of hydrogen-bond acceptors (Lipinski definition) is 5. The number of hydrazine groups is 1. The molecule has 2 rings (SSSR count). The Labute approximate surface area is 119 Å². The number of phenolic OH excluding ortho intramolecular Hbond substituents is 1. The minimum Gasteiger partial charge on any atom is -0.506 e. The molecular formula is C15H20N4O. The number of aromatic hydroxyl groups is 1. The zero-order chi connectivity index (χ0) is 14.7. The summed E-state index contributed by atoms with van der Waals surface area (Å²) in [6.07, 6.45) is 0. The van der Waals surface area contributed by atoms with E-state index in [-0.39, 0.29) is 5.75 Å². The number of nitrogen functional groups attached to an aromatic ring is 1. The lowest BCUT2D eigenvalue weighted by molar-refractivity contribution is 0.478. The predicted molar refractivity (Wildman–Crippen MR) is 85.3 cm³/mol. The van der Waals surface area contributed by atoms with Crippen LogP contribution in [-0.4, -0.2) is 26.2 Å². The van der Waals surface area contributed by atoms with E-state index in [9.17, 15) is 5.11 Å². The lowest BCUT2D eigenvalue weighted by Gasteiger charge is -2.23. The molecule has 5 heteroatoms. The maximum atomic E-state index is 9.59. The molecule has 106 valence electrons. The molecule has 0 aliphatic rings. The van der Waals surface area contributed by atoms with Crippen LogP contribution in [0.25, 0.3) is 0 Å². The van der Waals surface area contributed by atoms with Gasteiger partial charge in [-0.05, 0) is 36.4 Å². The second-order valence-corrected chi connectivity index (χ2v) is 4.86. The highest BCUT2D eigenvalue weighted by molar-refractivity contribution is 5.64. The van der Waals surface area contributed by atoms with Crippen LogP contribution in [-0.2, 0) is 0 Å². The predicted octanol–water partition coefficient (Wildman–Crippen LogP) is 2.50. The molecule has 2 aromatic rings. The first-order valence-corrected chi connectivity index (χ1v) is 6.33. The Balaban J connectivity index is 2.10. The van der Waals surface area contributed by atoms with Crippen LogP contribution in [0.15, 0.2) is 42.5 Å². The molecule has 0 radical (unpaired) electrons. The van der Waals surface area contributed by atoms with E-state index < -0.39 is 0 Å². The summed E-state index contributed by atoms with van der Waals surface area (Å²) in [5.41, 5.74) is 12.1. The van der Waals surface area contributed by atoms with E-state index >= 15 is 0 Å². The minimum absolute atomic E-state index is 0.0753. The van der Waals surface area contributed by atoms with E-state index in [0.29, 0.717) is 5.69 Å². The van der Waals surface area contributed by atoms with Crippen LogP contribution in [0, 0.1) is 0 Å². The third-order valence-electron chi connectivity index (χ3n) is 3.08. The number of nitrogens with one attached hydrogen (secondary N) is 1. The van der Waals surface area contributed by atoms with Crippen LogP contribution in [0.4, 0.5) is 22.7 Å². The zero-order valence-electron chi connectivity index (χ0n) is 12.0. The topological polar surface area (TPSA) is 64.8 Å². The molecule has 0 aliphatic carbocycles. The number of anilines is 4. The standard InChI is InChI=1S/C15H20N4O/c1-18(2)12-5-7-13(8-6-12)19(3)17-11-4-9-14(16)15(20)10-11/h4-10,17,20H,16H2,1-3H3. The van der Waals surface area contributed by atoms with Gasteiger partial charge in [0.2, 0.25) is 0 Å². The van der Waals surface area contributed by atoms with Crippen molar-refractivity contribution < 1.29 is 5.11 Å². The van der Waals surface area contributed by atoms with E-state index in [1.807, 2.05) is 56.5 Å². The highest BCUT2D eigenvalue weighted by Gasteiger charge is 2.04. The Morgan fingerprint density at radius 2 is 1.55 bits per heavy atom. The maximum Gasteiger partial charge on any atom is 0.140 e. The Hall–Kier alpha value is -2.56. The SMILES string of the molecule is CN(C)c1ccc(N(C)Nc2ccc(N)c(O)c2)cc1. The highest BCUT2D eigenvalue weighted by atomic mass is 16.3. The van der Waals surface area contributed by atoms with Crippen molar-refractivity contribution in [2.45, 2.75) is 0 Å². The van der Waals surface area contributed by atoms with Crippen molar-refractivity contribution in [3.8, 4) is 5.75 Å². The van der Waals surface area contributed by atoms with Crippen molar-refractivity contribution in [3.05, 3.63) is 42.5 Å². The normalized spacial score (nSPS) is 10.2. The number of phenols is 1. The summed E-state index contributed by atoms with van der Waals surface area (Å²) >= 11 is 0. The molecular weight excluding hydrogens is 252 g/mol. The van der Waals surface area contributed by atoms with Gasteiger partial charge >= 0.3 is 0 Å². The van der Waals surface area contributed by atoms with E-state index in [4.69, 9.17) is 5.73 Å². The van der Waals surface area contributed by atoms with Crippen molar-refractivity contribution in [1.29, 1.82) is 0 Å². The Bertz CT molecular complexity index is 581. The number of hydrogen-bond donors (Lipinski definition) is 3. The van der Waals surface area contributed by atoms with Gasteiger partial charge in [-0.1, -0.05) is 0 Å². The fraction of sp³-hybridized carbons (Fsp3) is 0.200. The van der Waals surface area contributed by atoms with E-state index in [2.05, 4.69) is 10.3 Å². The van der Waals surface area contributed by atoms with E-state index in [1.165, 1.54) is 0 Å². The molecule has 0 unspecified atom stereocenters. The number of nitrogens with zero attached hydrogens (tertiary/aromatic N) is 2. The zero-order valence-corrected chi connectivity index (χ0v) is 12.0. The lowest BCUT2D eigenvalue weighted by Crippen LogP contribution is -2.24. The quantitative estimate of drug-likeness (QED) is 0.453. The largest absolute Gasteiger partial charge is 0.506 e. The van der Waals surface area contributed by atoms with Crippen LogP contribution in [0.3, 0.4) is 0 Å². The van der Waals surface area contributed by atoms with Gasteiger partial charge in [-0.25, -0.2) is 0 Å². The summed E-state index contributed by atoms with van der Waals surface area (Å²) in [6, 6.07) is 13.2. The van der Waals surface area contributed by atoms with Gasteiger partial charge in [0.25, 0.3) is 0 Å². The molecule has 0 aromatic heterocycles. The average Bonchev–Trinajstić information content (AvgIpc) is 2.43. The number of nitrogens with two attached hydrogens (primary N) is 1. The molecule has 4 N–H and O–H groups in total. The van der Waals surface area contributed by atoms with Crippen molar-refractivity contribution in [2.75, 3.05) is 42.2 Å². The van der Waals surface area contributed by atoms with Gasteiger partial charge in [-0.15, -0.1) is 0 Å². The molecule has 0 atom stereocenters. The second kappa shape index (κ2) is 5.61. The molecule has 0 aliphatic heterocycles. The van der Waals surface area contributed by atoms with Gasteiger partial charge in [-0.3, -0.25) is 10.4 Å². The van der Waals surface area contributed by atoms with Crippen LogP contribution in [0.5, 0.6) is 5.75 Å². The van der Waals surface area contributed by atoms with Gasteiger partial charge in [-0.2, -0.15) is 0 Å². The third-order valence-corrected chi connectivity index (χ3v) is 3.08. The first-order valence-electron chi connectivity index (χ1n) is 6.33. The Morgan fingerprint density at radius 3 is 2.10 bits per heavy atom. The summed E-state index contributed by atoms with van der Waals surface area (Å²) in [5, 5.41) is 11.5. The van der Waals surface area contributed by atoms with Gasteiger partial charge in [0.1, 0.15) is 5.75 Å². The number of benzene rings is 2. The van der Waals surface area contributed by atoms with Gasteiger partial charge < -0.3 is 15.7 Å². The molecule has 0 fully saturated rings. The maximum absolute atomic E-state index is 9.59. The van der Waals surface area contributed by atoms with Gasteiger partial charge in [0, 0.05) is 32.9 Å². The van der Waals surface area contributed by atoms with Crippen molar-refractivity contribution in [2.24, 2.45) is 0 Å². The smallest absolute Gasteiger partial charge is 0.140 e. The van der Waals surface area contributed by atoms with Crippen molar-refractivity contribution >= 4 is 22.7 Å². The molecule has 0 saturated carbocycles. The molecule has 0 saturated heterocycles. The lowest BCUT2D eigenvalue weighted by atomic mass is 10.2. The summed E-state index contributed by atoms with van der Waals surface area (Å²) < 4.78 is 0. The first-order chi connectivity index (χ1) is 9.47. The van der Waals surface area contributed by atoms with Crippen LogP contribution >= 0.6 is 0 Å². The molecule has 0 spiro atoms. The molecule has 0 bridgehead atoms. The Kier molecular flexibility index (Phi) is 3.89.